The van der Waals surface area contributed by atoms with Crippen LogP contribution in [0.1, 0.15) is 46.5 Å². The monoisotopic (exact) mass is 602 g/mol. The Morgan fingerprint density at radius 2 is 1.51 bits per heavy atom. The predicted molar refractivity (Wildman–Crippen MR) is 173 cm³/mol. The van der Waals surface area contributed by atoms with Gasteiger partial charge in [0.2, 0.25) is 0 Å². The normalized spacial score (nSPS) is 47.8. The van der Waals surface area contributed by atoms with Crippen LogP contribution in [0.2, 0.25) is 0 Å². The van der Waals surface area contributed by atoms with E-state index in [-0.39, 0.29) is 0 Å². The molecule has 10 fully saturated rings. The Hall–Kier alpha value is -0.400. The fourth-order valence-corrected chi connectivity index (χ4v) is 9.81. The SMILES string of the molecule is CCN1CCN2CN3CCN(C(C)C3)N3CCCCC3C3C[N@](CCO3)CN3CCN(CC3)CC3NC[C@H](C)CC3C2C1. The summed E-state index contributed by atoms with van der Waals surface area (Å²) in [6.07, 6.45) is 5.65. The predicted octanol–water partition coefficient (Wildman–Crippen LogP) is 0.629. The molecule has 8 unspecified atom stereocenters. The number of rotatable bonds is 1. The van der Waals surface area contributed by atoms with Crippen molar-refractivity contribution in [2.45, 2.75) is 76.7 Å². The molecule has 0 aromatic carbocycles. The highest BCUT2D eigenvalue weighted by Crippen LogP contribution is 2.32. The van der Waals surface area contributed by atoms with Crippen molar-refractivity contribution in [3.8, 4) is 0 Å². The van der Waals surface area contributed by atoms with E-state index in [9.17, 15) is 0 Å². The minimum Gasteiger partial charge on any atom is -0.374 e. The lowest BCUT2D eigenvalue weighted by Crippen LogP contribution is -2.68. The van der Waals surface area contributed by atoms with Gasteiger partial charge in [-0.1, -0.05) is 20.3 Å². The highest BCUT2D eigenvalue weighted by atomic mass is 16.5. The summed E-state index contributed by atoms with van der Waals surface area (Å²) in [5, 5.41) is 9.67. The Labute approximate surface area is 262 Å². The van der Waals surface area contributed by atoms with E-state index >= 15 is 0 Å². The van der Waals surface area contributed by atoms with E-state index < -0.39 is 0 Å². The van der Waals surface area contributed by atoms with Gasteiger partial charge < -0.3 is 15.0 Å². The van der Waals surface area contributed by atoms with Crippen LogP contribution in [0.3, 0.4) is 0 Å². The van der Waals surface area contributed by atoms with Gasteiger partial charge in [0.15, 0.2) is 0 Å². The third-order valence-electron chi connectivity index (χ3n) is 12.3. The molecule has 0 spiro atoms. The van der Waals surface area contributed by atoms with Crippen molar-refractivity contribution in [1.82, 2.24) is 44.7 Å². The first-order chi connectivity index (χ1) is 21.0. The lowest BCUT2D eigenvalue weighted by molar-refractivity contribution is -0.177. The Morgan fingerprint density at radius 3 is 2.35 bits per heavy atom. The zero-order valence-corrected chi connectivity index (χ0v) is 27.8. The number of hydrogen-bond acceptors (Lipinski definition) is 10. The third kappa shape index (κ3) is 7.14. The number of hydrogen-bond donors (Lipinski definition) is 1. The topological polar surface area (TPSA) is 47.2 Å². The molecule has 10 aliphatic heterocycles. The van der Waals surface area contributed by atoms with E-state index in [2.05, 4.69) is 65.5 Å². The summed E-state index contributed by atoms with van der Waals surface area (Å²) < 4.78 is 6.58. The summed E-state index contributed by atoms with van der Waals surface area (Å²) in [6.45, 7) is 29.4. The van der Waals surface area contributed by atoms with Crippen molar-refractivity contribution in [3.63, 3.8) is 0 Å². The largest absolute Gasteiger partial charge is 0.374 e. The number of nitrogens with zero attached hydrogens (tertiary/aromatic N) is 8. The van der Waals surface area contributed by atoms with Crippen molar-refractivity contribution in [3.05, 3.63) is 0 Å². The maximum atomic E-state index is 6.58. The first-order valence-electron chi connectivity index (χ1n) is 18.3. The third-order valence-corrected chi connectivity index (χ3v) is 12.3. The quantitative estimate of drug-likeness (QED) is 0.463. The van der Waals surface area contributed by atoms with Crippen molar-refractivity contribution in [1.29, 1.82) is 0 Å². The summed E-state index contributed by atoms with van der Waals surface area (Å²) in [4.78, 5) is 16.7. The zero-order chi connectivity index (χ0) is 29.3. The summed E-state index contributed by atoms with van der Waals surface area (Å²) in [6, 6.07) is 2.32. The molecule has 10 rings (SSSR count). The van der Waals surface area contributed by atoms with Gasteiger partial charge in [-0.15, -0.1) is 0 Å². The number of ether oxygens (including phenoxy) is 1. The average Bonchev–Trinajstić information content (AvgIpc) is 3.03. The van der Waals surface area contributed by atoms with E-state index in [0.29, 0.717) is 30.3 Å². The lowest BCUT2D eigenvalue weighted by atomic mass is 9.78. The Bertz CT molecular complexity index is 888. The van der Waals surface area contributed by atoms with Crippen LogP contribution in [0.25, 0.3) is 0 Å². The molecule has 10 nitrogen and oxygen atoms in total. The van der Waals surface area contributed by atoms with E-state index in [1.807, 2.05) is 0 Å². The van der Waals surface area contributed by atoms with Gasteiger partial charge in [0.1, 0.15) is 0 Å². The van der Waals surface area contributed by atoms with Crippen molar-refractivity contribution in [2.75, 3.05) is 125 Å². The number of piperazine rings is 3. The van der Waals surface area contributed by atoms with Crippen molar-refractivity contribution < 1.29 is 4.74 Å². The molecule has 10 heterocycles. The van der Waals surface area contributed by atoms with Gasteiger partial charge in [0, 0.05) is 110 Å². The van der Waals surface area contributed by atoms with Gasteiger partial charge in [-0.3, -0.25) is 24.5 Å². The van der Waals surface area contributed by atoms with Crippen LogP contribution in [0, 0.1) is 11.8 Å². The van der Waals surface area contributed by atoms with Crippen LogP contribution >= 0.6 is 0 Å². The van der Waals surface area contributed by atoms with Gasteiger partial charge in [-0.25, -0.2) is 10.0 Å². The maximum absolute atomic E-state index is 6.58. The molecule has 0 radical (unpaired) electrons. The number of morpholine rings is 1. The van der Waals surface area contributed by atoms with E-state index in [1.165, 1.54) is 111 Å². The van der Waals surface area contributed by atoms with Gasteiger partial charge >= 0.3 is 0 Å². The molecule has 0 aliphatic carbocycles. The number of piperidine rings is 2. The Kier molecular flexibility index (Phi) is 10.3. The molecule has 10 atom stereocenters. The molecule has 10 aliphatic rings. The van der Waals surface area contributed by atoms with Crippen LogP contribution in [0.4, 0.5) is 0 Å². The Morgan fingerprint density at radius 1 is 0.698 bits per heavy atom. The fraction of sp³-hybridized carbons (Fsp3) is 1.00. The first kappa shape index (κ1) is 31.2. The molecule has 0 saturated carbocycles. The molecule has 6 bridgehead atoms. The molecule has 43 heavy (non-hydrogen) atoms. The van der Waals surface area contributed by atoms with Crippen LogP contribution in [-0.2, 0) is 4.74 Å². The summed E-state index contributed by atoms with van der Waals surface area (Å²) in [7, 11) is 0. The lowest BCUT2D eigenvalue weighted by Gasteiger charge is -2.54. The molecule has 1 N–H and O–H groups in total. The van der Waals surface area contributed by atoms with Crippen molar-refractivity contribution in [2.24, 2.45) is 11.8 Å². The highest BCUT2D eigenvalue weighted by Gasteiger charge is 2.43. The van der Waals surface area contributed by atoms with Crippen LogP contribution in [0.5, 0.6) is 0 Å². The molecule has 0 aromatic rings. The van der Waals surface area contributed by atoms with E-state index in [0.717, 1.165) is 51.4 Å². The van der Waals surface area contributed by atoms with Crippen LogP contribution in [0.15, 0.2) is 0 Å². The van der Waals surface area contributed by atoms with Crippen LogP contribution < -0.4 is 5.32 Å². The van der Waals surface area contributed by atoms with Crippen molar-refractivity contribution >= 4 is 0 Å². The smallest absolute Gasteiger partial charge is 0.0872 e. The van der Waals surface area contributed by atoms with Gasteiger partial charge in [-0.2, -0.15) is 0 Å². The second kappa shape index (κ2) is 14.2. The summed E-state index contributed by atoms with van der Waals surface area (Å²) in [5.74, 6) is 1.49. The number of hydrazine groups is 1. The van der Waals surface area contributed by atoms with Gasteiger partial charge in [-0.05, 0) is 51.1 Å². The summed E-state index contributed by atoms with van der Waals surface area (Å²) in [5.41, 5.74) is 0. The number of likely N-dealkylation sites (N-methyl/N-ethyl adjacent to an activating group) is 1. The zero-order valence-electron chi connectivity index (χ0n) is 27.8. The summed E-state index contributed by atoms with van der Waals surface area (Å²) >= 11 is 0. The molecule has 0 aromatic heterocycles. The molecule has 10 saturated heterocycles. The molecule has 246 valence electrons. The highest BCUT2D eigenvalue weighted by molar-refractivity contribution is 4.98. The maximum Gasteiger partial charge on any atom is 0.0872 e. The molecule has 0 amide bonds. The number of nitrogens with one attached hydrogen (secondary N) is 1. The fourth-order valence-electron chi connectivity index (χ4n) is 9.81. The molecular formula is C33H63N9O. The van der Waals surface area contributed by atoms with E-state index in [1.54, 1.807) is 0 Å². The van der Waals surface area contributed by atoms with Gasteiger partial charge in [0.05, 0.1) is 32.1 Å². The Balaban J connectivity index is 1.14. The first-order valence-corrected chi connectivity index (χ1v) is 18.3. The standard InChI is InChI=1S/C33H63N9O/c1-4-35-13-15-40-26-38-14-16-41(28(3)21-38)42-8-6-5-7-31(42)33-24-39(17-18-43-33)25-37-11-9-36(10-12-37)22-30-29(32(40)23-35)19-27(2)20-34-30/h27-34H,4-26H2,1-3H3/t27-,28?,29?,30?,31?,32?,33?/m1/s1. The minimum absolute atomic E-state index is 0.332. The van der Waals surface area contributed by atoms with Gasteiger partial charge in [0.25, 0.3) is 0 Å². The minimum atomic E-state index is 0.332. The molecular weight excluding hydrogens is 538 g/mol. The van der Waals surface area contributed by atoms with Crippen LogP contribution in [-0.4, -0.2) is 194 Å². The molecule has 10 heteroatoms. The second-order valence-corrected chi connectivity index (χ2v) is 15.3. The average molecular weight is 602 g/mol. The second-order valence-electron chi connectivity index (χ2n) is 15.3. The van der Waals surface area contributed by atoms with E-state index in [4.69, 9.17) is 4.74 Å².